The van der Waals surface area contributed by atoms with Gasteiger partial charge in [-0.1, -0.05) is 17.7 Å². The largest absolute Gasteiger partial charge is 0.482 e. The molecule has 7 heteroatoms. The summed E-state index contributed by atoms with van der Waals surface area (Å²) in [5, 5.41) is 4.60. The standard InChI is InChI=1S/C23H24N6O/c1-4-29-22-16(11-27-29)8-18-12-25-13-28(18)20-6-5-14(2)7-19(20)15(3)30-21-9-17(22)10-26-23(21)24/h5-7,9-13,15H,4,8H2,1-3H3,(H2,24,26). The molecule has 1 aliphatic heterocycles. The molecule has 4 aromatic rings. The van der Waals surface area contributed by atoms with Gasteiger partial charge in [0.2, 0.25) is 0 Å². The topological polar surface area (TPSA) is 83.8 Å². The maximum atomic E-state index is 6.35. The van der Waals surface area contributed by atoms with Gasteiger partial charge in [-0.25, -0.2) is 9.97 Å². The molecule has 30 heavy (non-hydrogen) atoms. The lowest BCUT2D eigenvalue weighted by molar-refractivity contribution is 0.227. The van der Waals surface area contributed by atoms with Crippen LogP contribution in [0.2, 0.25) is 0 Å². The Labute approximate surface area is 175 Å². The van der Waals surface area contributed by atoms with E-state index in [2.05, 4.69) is 51.7 Å². The van der Waals surface area contributed by atoms with Gasteiger partial charge >= 0.3 is 0 Å². The number of hydrogen-bond acceptors (Lipinski definition) is 5. The molecule has 1 atom stereocenters. The van der Waals surface area contributed by atoms with Gasteiger partial charge in [-0.2, -0.15) is 5.10 Å². The zero-order valence-electron chi connectivity index (χ0n) is 17.3. The van der Waals surface area contributed by atoms with Crippen LogP contribution in [0.5, 0.6) is 5.75 Å². The first-order valence-corrected chi connectivity index (χ1v) is 10.1. The Morgan fingerprint density at radius 1 is 1.20 bits per heavy atom. The van der Waals surface area contributed by atoms with Crippen LogP contribution in [0.3, 0.4) is 0 Å². The van der Waals surface area contributed by atoms with E-state index in [1.165, 1.54) is 5.56 Å². The van der Waals surface area contributed by atoms with E-state index >= 15 is 0 Å². The van der Waals surface area contributed by atoms with Crippen molar-refractivity contribution in [3.05, 3.63) is 71.6 Å². The first-order valence-electron chi connectivity index (χ1n) is 10.1. The Bertz CT molecular complexity index is 1240. The second-order valence-corrected chi connectivity index (χ2v) is 7.70. The summed E-state index contributed by atoms with van der Waals surface area (Å²) in [6, 6.07) is 8.36. The van der Waals surface area contributed by atoms with Gasteiger partial charge in [0.1, 0.15) is 6.10 Å². The molecule has 0 fully saturated rings. The second kappa shape index (κ2) is 7.02. The van der Waals surface area contributed by atoms with Crippen LogP contribution in [0.1, 0.15) is 42.3 Å². The molecule has 0 saturated heterocycles. The number of fused-ring (bicyclic) bond motifs is 7. The second-order valence-electron chi connectivity index (χ2n) is 7.70. The zero-order chi connectivity index (χ0) is 20.8. The van der Waals surface area contributed by atoms with Crippen molar-refractivity contribution >= 4 is 5.82 Å². The summed E-state index contributed by atoms with van der Waals surface area (Å²) >= 11 is 0. The van der Waals surface area contributed by atoms with Crippen LogP contribution in [0.25, 0.3) is 16.9 Å². The van der Waals surface area contributed by atoms with Crippen LogP contribution in [0.4, 0.5) is 5.82 Å². The van der Waals surface area contributed by atoms with Gasteiger partial charge in [0.25, 0.3) is 0 Å². The van der Waals surface area contributed by atoms with Crippen molar-refractivity contribution in [1.29, 1.82) is 0 Å². The number of benzene rings is 1. The van der Waals surface area contributed by atoms with Gasteiger partial charge in [0, 0.05) is 47.7 Å². The molecular weight excluding hydrogens is 376 g/mol. The molecule has 152 valence electrons. The summed E-state index contributed by atoms with van der Waals surface area (Å²) < 4.78 is 10.5. The number of ether oxygens (including phenoxy) is 1. The van der Waals surface area contributed by atoms with E-state index in [-0.39, 0.29) is 6.10 Å². The van der Waals surface area contributed by atoms with Crippen molar-refractivity contribution in [2.24, 2.45) is 0 Å². The summed E-state index contributed by atoms with van der Waals surface area (Å²) in [4.78, 5) is 8.86. The molecule has 1 aromatic carbocycles. The maximum absolute atomic E-state index is 6.35. The van der Waals surface area contributed by atoms with Crippen LogP contribution in [-0.2, 0) is 13.0 Å². The fourth-order valence-corrected chi connectivity index (χ4v) is 4.14. The minimum atomic E-state index is -0.218. The number of nitrogens with two attached hydrogens (primary N) is 1. The number of aromatic nitrogens is 5. The number of pyridine rings is 1. The smallest absolute Gasteiger partial charge is 0.166 e. The van der Waals surface area contributed by atoms with E-state index in [9.17, 15) is 0 Å². The number of nitrogens with zero attached hydrogens (tertiary/aromatic N) is 5. The maximum Gasteiger partial charge on any atom is 0.166 e. The molecule has 4 heterocycles. The molecular formula is C23H24N6O. The summed E-state index contributed by atoms with van der Waals surface area (Å²) in [5.74, 6) is 0.956. The van der Waals surface area contributed by atoms with E-state index in [0.717, 1.165) is 40.3 Å². The summed E-state index contributed by atoms with van der Waals surface area (Å²) in [6.45, 7) is 6.96. The molecule has 5 rings (SSSR count). The van der Waals surface area contributed by atoms with Crippen LogP contribution in [0.15, 0.2) is 49.2 Å². The van der Waals surface area contributed by atoms with Gasteiger partial charge in [-0.15, -0.1) is 0 Å². The van der Waals surface area contributed by atoms with Crippen LogP contribution in [-0.4, -0.2) is 24.3 Å². The number of anilines is 1. The molecule has 0 spiro atoms. The number of rotatable bonds is 1. The molecule has 1 unspecified atom stereocenters. The lowest BCUT2D eigenvalue weighted by atomic mass is 10.0. The predicted octanol–water partition coefficient (Wildman–Crippen LogP) is 4.09. The number of imidazole rings is 1. The lowest BCUT2D eigenvalue weighted by Gasteiger charge is -2.22. The first-order chi connectivity index (χ1) is 14.5. The summed E-state index contributed by atoms with van der Waals surface area (Å²) in [7, 11) is 0. The normalized spacial score (nSPS) is 15.2. The fraction of sp³-hybridized carbons (Fsp3) is 0.261. The summed E-state index contributed by atoms with van der Waals surface area (Å²) in [6.07, 6.45) is 7.99. The zero-order valence-corrected chi connectivity index (χ0v) is 17.3. The van der Waals surface area contributed by atoms with Crippen molar-refractivity contribution in [3.8, 4) is 22.7 Å². The quantitative estimate of drug-likeness (QED) is 0.520. The summed E-state index contributed by atoms with van der Waals surface area (Å²) in [5.41, 5.74) is 13.6. The van der Waals surface area contributed by atoms with Crippen LogP contribution < -0.4 is 10.5 Å². The first kappa shape index (κ1) is 18.4. The van der Waals surface area contributed by atoms with Crippen molar-refractivity contribution in [2.75, 3.05) is 5.73 Å². The Hall–Kier alpha value is -3.61. The lowest BCUT2D eigenvalue weighted by Crippen LogP contribution is -2.12. The van der Waals surface area contributed by atoms with Crippen molar-refractivity contribution < 1.29 is 4.74 Å². The number of hydrogen-bond donors (Lipinski definition) is 1. The Morgan fingerprint density at radius 2 is 2.07 bits per heavy atom. The van der Waals surface area contributed by atoms with Crippen molar-refractivity contribution in [2.45, 2.75) is 39.8 Å². The molecule has 0 saturated carbocycles. The Balaban J connectivity index is 1.79. The van der Waals surface area contributed by atoms with E-state index < -0.39 is 0 Å². The van der Waals surface area contributed by atoms with E-state index in [1.807, 2.05) is 36.4 Å². The predicted molar refractivity (Wildman–Crippen MR) is 116 cm³/mol. The van der Waals surface area contributed by atoms with Gasteiger partial charge in [-0.05, 0) is 32.9 Å². The minimum absolute atomic E-state index is 0.218. The fourth-order valence-electron chi connectivity index (χ4n) is 4.14. The average molecular weight is 400 g/mol. The highest BCUT2D eigenvalue weighted by Gasteiger charge is 2.22. The van der Waals surface area contributed by atoms with Gasteiger partial charge in [-0.3, -0.25) is 4.68 Å². The van der Waals surface area contributed by atoms with Gasteiger partial charge in [0.15, 0.2) is 11.6 Å². The molecule has 0 radical (unpaired) electrons. The number of aryl methyl sites for hydroxylation is 2. The van der Waals surface area contributed by atoms with E-state index in [1.54, 1.807) is 6.20 Å². The third-order valence-corrected chi connectivity index (χ3v) is 5.64. The molecule has 3 aromatic heterocycles. The highest BCUT2D eigenvalue weighted by atomic mass is 16.5. The van der Waals surface area contributed by atoms with Crippen molar-refractivity contribution in [1.82, 2.24) is 24.3 Å². The van der Waals surface area contributed by atoms with Crippen molar-refractivity contribution in [3.63, 3.8) is 0 Å². The molecule has 2 bridgehead atoms. The SMILES string of the molecule is CCn1ncc2c1-c1cnc(N)c(c1)OC(C)c1cc(C)ccc1-n1cncc1C2. The minimum Gasteiger partial charge on any atom is -0.482 e. The Morgan fingerprint density at radius 3 is 2.90 bits per heavy atom. The van der Waals surface area contributed by atoms with Crippen LogP contribution >= 0.6 is 0 Å². The Kier molecular flexibility index (Phi) is 4.31. The highest BCUT2D eigenvalue weighted by molar-refractivity contribution is 5.68. The van der Waals surface area contributed by atoms with Gasteiger partial charge in [0.05, 0.1) is 23.9 Å². The van der Waals surface area contributed by atoms with Gasteiger partial charge < -0.3 is 15.0 Å². The molecule has 1 aliphatic rings. The average Bonchev–Trinajstić information content (AvgIpc) is 3.36. The molecule has 7 nitrogen and oxygen atoms in total. The molecule has 0 amide bonds. The van der Waals surface area contributed by atoms with Crippen LogP contribution in [0, 0.1) is 6.92 Å². The number of nitrogen functional groups attached to an aromatic ring is 1. The molecule has 2 N–H and O–H groups in total. The van der Waals surface area contributed by atoms with E-state index in [0.29, 0.717) is 18.0 Å². The third kappa shape index (κ3) is 2.94. The third-order valence-electron chi connectivity index (χ3n) is 5.64. The van der Waals surface area contributed by atoms with E-state index in [4.69, 9.17) is 10.5 Å². The highest BCUT2D eigenvalue weighted by Crippen LogP contribution is 2.35. The molecule has 0 aliphatic carbocycles. The monoisotopic (exact) mass is 400 g/mol.